The summed E-state index contributed by atoms with van der Waals surface area (Å²) in [5.41, 5.74) is 0.980. The maximum Gasteiger partial charge on any atom is 0.225 e. The van der Waals surface area contributed by atoms with Gasteiger partial charge >= 0.3 is 0 Å². The van der Waals surface area contributed by atoms with Gasteiger partial charge in [0, 0.05) is 43.4 Å². The van der Waals surface area contributed by atoms with E-state index < -0.39 is 0 Å². The van der Waals surface area contributed by atoms with Crippen molar-refractivity contribution in [3.8, 4) is 11.4 Å². The van der Waals surface area contributed by atoms with Crippen molar-refractivity contribution in [1.82, 2.24) is 25.1 Å². The van der Waals surface area contributed by atoms with Gasteiger partial charge in [-0.2, -0.15) is 5.10 Å². The predicted molar refractivity (Wildman–Crippen MR) is 90.0 cm³/mol. The van der Waals surface area contributed by atoms with Gasteiger partial charge in [0.05, 0.1) is 0 Å². The molecule has 2 aliphatic rings. The molecule has 0 aromatic carbocycles. The molecule has 0 atom stereocenters. The number of aromatic amines is 1. The predicted octanol–water partition coefficient (Wildman–Crippen LogP) is 2.45. The second-order valence-electron chi connectivity index (χ2n) is 6.94. The molecule has 1 amide bonds. The van der Waals surface area contributed by atoms with Gasteiger partial charge in [0.1, 0.15) is 5.82 Å². The standard InChI is InChI=1S/C18H23N5O/c24-18(15-2-1-3-15)23-10-6-13(7-11-23)12-16-20-17(22-21-16)14-4-8-19-9-5-14/h4-5,8-9,13,15H,1-3,6-7,10-12H2,(H,20,21,22). The van der Waals surface area contributed by atoms with Crippen LogP contribution in [0.1, 0.15) is 37.9 Å². The molecular weight excluding hydrogens is 302 g/mol. The minimum Gasteiger partial charge on any atom is -0.342 e. The molecule has 0 spiro atoms. The number of H-pyrrole nitrogens is 1. The Balaban J connectivity index is 1.31. The van der Waals surface area contributed by atoms with Crippen LogP contribution in [0, 0.1) is 11.8 Å². The largest absolute Gasteiger partial charge is 0.342 e. The Morgan fingerprint density at radius 3 is 2.58 bits per heavy atom. The van der Waals surface area contributed by atoms with Crippen molar-refractivity contribution in [2.24, 2.45) is 11.8 Å². The zero-order valence-electron chi connectivity index (χ0n) is 13.8. The van der Waals surface area contributed by atoms with Crippen molar-refractivity contribution in [2.75, 3.05) is 13.1 Å². The van der Waals surface area contributed by atoms with Crippen LogP contribution in [0.15, 0.2) is 24.5 Å². The van der Waals surface area contributed by atoms with Crippen molar-refractivity contribution in [1.29, 1.82) is 0 Å². The van der Waals surface area contributed by atoms with Crippen molar-refractivity contribution < 1.29 is 4.79 Å². The van der Waals surface area contributed by atoms with Crippen LogP contribution in [0.4, 0.5) is 0 Å². The summed E-state index contributed by atoms with van der Waals surface area (Å²) in [5, 5.41) is 7.37. The molecule has 4 rings (SSSR count). The fourth-order valence-electron chi connectivity index (χ4n) is 3.56. The molecule has 0 bridgehead atoms. The summed E-state index contributed by atoms with van der Waals surface area (Å²) in [6.07, 6.45) is 9.93. The highest BCUT2D eigenvalue weighted by Gasteiger charge is 2.31. The van der Waals surface area contributed by atoms with Crippen LogP contribution < -0.4 is 0 Å². The van der Waals surface area contributed by atoms with Crippen molar-refractivity contribution >= 4 is 5.91 Å². The highest BCUT2D eigenvalue weighted by Crippen LogP contribution is 2.30. The van der Waals surface area contributed by atoms with Crippen molar-refractivity contribution in [2.45, 2.75) is 38.5 Å². The van der Waals surface area contributed by atoms with Gasteiger partial charge in [0.25, 0.3) is 0 Å². The smallest absolute Gasteiger partial charge is 0.225 e. The van der Waals surface area contributed by atoms with Crippen LogP contribution in [0.3, 0.4) is 0 Å². The van der Waals surface area contributed by atoms with Crippen LogP contribution in [-0.2, 0) is 11.2 Å². The Hall–Kier alpha value is -2.24. The summed E-state index contributed by atoms with van der Waals surface area (Å²) in [7, 11) is 0. The topological polar surface area (TPSA) is 74.8 Å². The van der Waals surface area contributed by atoms with E-state index in [1.165, 1.54) is 6.42 Å². The van der Waals surface area contributed by atoms with E-state index in [0.717, 1.165) is 62.4 Å². The van der Waals surface area contributed by atoms with Gasteiger partial charge in [-0.15, -0.1) is 0 Å². The lowest BCUT2D eigenvalue weighted by atomic mass is 9.83. The molecule has 1 aliphatic carbocycles. The molecule has 0 unspecified atom stereocenters. The van der Waals surface area contributed by atoms with Crippen LogP contribution in [0.25, 0.3) is 11.4 Å². The van der Waals surface area contributed by atoms with Crippen molar-refractivity contribution in [3.63, 3.8) is 0 Å². The van der Waals surface area contributed by atoms with E-state index in [1.807, 2.05) is 12.1 Å². The third kappa shape index (κ3) is 3.18. The summed E-state index contributed by atoms with van der Waals surface area (Å²) in [6, 6.07) is 3.83. The Morgan fingerprint density at radius 2 is 1.92 bits per heavy atom. The summed E-state index contributed by atoms with van der Waals surface area (Å²) in [4.78, 5) is 23.0. The number of carbonyl (C=O) groups excluding carboxylic acids is 1. The number of nitrogens with zero attached hydrogens (tertiary/aromatic N) is 4. The van der Waals surface area contributed by atoms with E-state index in [1.54, 1.807) is 12.4 Å². The number of hydrogen-bond donors (Lipinski definition) is 1. The molecule has 1 saturated carbocycles. The maximum atomic E-state index is 12.3. The molecule has 126 valence electrons. The molecule has 2 fully saturated rings. The molecule has 24 heavy (non-hydrogen) atoms. The van der Waals surface area contributed by atoms with Gasteiger partial charge in [-0.3, -0.25) is 14.9 Å². The summed E-state index contributed by atoms with van der Waals surface area (Å²) in [5.74, 6) is 2.95. The summed E-state index contributed by atoms with van der Waals surface area (Å²) < 4.78 is 0. The molecular formula is C18H23N5O. The van der Waals surface area contributed by atoms with E-state index >= 15 is 0 Å². The van der Waals surface area contributed by atoms with Gasteiger partial charge in [0.2, 0.25) is 5.91 Å². The highest BCUT2D eigenvalue weighted by atomic mass is 16.2. The number of aromatic nitrogens is 4. The third-order valence-corrected chi connectivity index (χ3v) is 5.33. The minimum absolute atomic E-state index is 0.318. The molecule has 0 radical (unpaired) electrons. The summed E-state index contributed by atoms with van der Waals surface area (Å²) in [6.45, 7) is 1.79. The first-order valence-corrected chi connectivity index (χ1v) is 8.90. The van der Waals surface area contributed by atoms with Gasteiger partial charge in [-0.25, -0.2) is 4.98 Å². The Morgan fingerprint density at radius 1 is 1.17 bits per heavy atom. The quantitative estimate of drug-likeness (QED) is 0.937. The van der Waals surface area contributed by atoms with E-state index in [-0.39, 0.29) is 0 Å². The van der Waals surface area contributed by atoms with Gasteiger partial charge in [-0.05, 0) is 43.7 Å². The van der Waals surface area contributed by atoms with Crippen LogP contribution in [0.5, 0.6) is 0 Å². The molecule has 6 heteroatoms. The molecule has 6 nitrogen and oxygen atoms in total. The van der Waals surface area contributed by atoms with Gasteiger partial charge in [-0.1, -0.05) is 6.42 Å². The average Bonchev–Trinajstić information content (AvgIpc) is 3.03. The number of hydrogen-bond acceptors (Lipinski definition) is 4. The first-order chi connectivity index (χ1) is 11.8. The zero-order valence-corrected chi connectivity index (χ0v) is 13.8. The minimum atomic E-state index is 0.318. The van der Waals surface area contributed by atoms with Crippen LogP contribution >= 0.6 is 0 Å². The monoisotopic (exact) mass is 325 g/mol. The van der Waals surface area contributed by atoms with Gasteiger partial charge in [0.15, 0.2) is 5.82 Å². The molecule has 1 N–H and O–H groups in total. The summed E-state index contributed by atoms with van der Waals surface area (Å²) >= 11 is 0. The first kappa shape index (κ1) is 15.3. The van der Waals surface area contributed by atoms with E-state index in [9.17, 15) is 4.79 Å². The van der Waals surface area contributed by atoms with Crippen LogP contribution in [-0.4, -0.2) is 44.1 Å². The lowest BCUT2D eigenvalue weighted by Crippen LogP contribution is -2.43. The number of nitrogens with one attached hydrogen (secondary N) is 1. The lowest BCUT2D eigenvalue weighted by Gasteiger charge is -2.36. The number of pyridine rings is 1. The van der Waals surface area contributed by atoms with Crippen LogP contribution in [0.2, 0.25) is 0 Å². The molecule has 1 saturated heterocycles. The fourth-order valence-corrected chi connectivity index (χ4v) is 3.56. The van der Waals surface area contributed by atoms with E-state index in [2.05, 4.69) is 25.1 Å². The number of amides is 1. The average molecular weight is 325 g/mol. The Bertz CT molecular complexity index is 686. The maximum absolute atomic E-state index is 12.3. The van der Waals surface area contributed by atoms with Gasteiger partial charge < -0.3 is 4.90 Å². The fraction of sp³-hybridized carbons (Fsp3) is 0.556. The second-order valence-corrected chi connectivity index (χ2v) is 6.94. The van der Waals surface area contributed by atoms with E-state index in [4.69, 9.17) is 0 Å². The number of piperidine rings is 1. The zero-order chi connectivity index (χ0) is 16.4. The number of carbonyl (C=O) groups is 1. The second kappa shape index (κ2) is 6.71. The third-order valence-electron chi connectivity index (χ3n) is 5.33. The lowest BCUT2D eigenvalue weighted by molar-refractivity contribution is -0.139. The first-order valence-electron chi connectivity index (χ1n) is 8.90. The molecule has 2 aromatic rings. The number of rotatable bonds is 4. The SMILES string of the molecule is O=C(C1CCC1)N1CCC(Cc2nc(-c3ccncc3)n[nH]2)CC1. The Labute approximate surface area is 141 Å². The highest BCUT2D eigenvalue weighted by molar-refractivity contribution is 5.79. The van der Waals surface area contributed by atoms with E-state index in [0.29, 0.717) is 17.7 Å². The molecule has 2 aromatic heterocycles. The van der Waals surface area contributed by atoms with Crippen molar-refractivity contribution in [3.05, 3.63) is 30.4 Å². The molecule has 1 aliphatic heterocycles. The Kier molecular flexibility index (Phi) is 4.28. The molecule has 3 heterocycles. The number of likely N-dealkylation sites (tertiary alicyclic amines) is 1. The normalized spacial score (nSPS) is 19.2.